The van der Waals surface area contributed by atoms with Crippen LogP contribution in [0.25, 0.3) is 0 Å². The van der Waals surface area contributed by atoms with Gasteiger partial charge < -0.3 is 18.2 Å². The van der Waals surface area contributed by atoms with Crippen LogP contribution in [0.15, 0.2) is 0 Å². The number of rotatable bonds is 7. The van der Waals surface area contributed by atoms with E-state index >= 15 is 0 Å². The Morgan fingerprint density at radius 1 is 1.13 bits per heavy atom. The van der Waals surface area contributed by atoms with Crippen molar-refractivity contribution in [2.45, 2.75) is 18.9 Å². The molecule has 0 saturated carbocycles. The lowest BCUT2D eigenvalue weighted by atomic mass is 10.3. The van der Waals surface area contributed by atoms with Gasteiger partial charge in [-0.2, -0.15) is 0 Å². The number of amides is 1. The maximum absolute atomic E-state index is 11.3. The van der Waals surface area contributed by atoms with Crippen molar-refractivity contribution in [1.82, 2.24) is 4.90 Å². The standard InChI is InChI=1S/C9H21NO4Si/c1-10(2)9(11)7-6-8-15(12-3,13-4)14-5/h6-8H2,1-5H3. The molecule has 1 amide bonds. The number of hydrogen-bond donors (Lipinski definition) is 0. The van der Waals surface area contributed by atoms with Gasteiger partial charge in [-0.25, -0.2) is 0 Å². The van der Waals surface area contributed by atoms with Crippen LogP contribution in [0.3, 0.4) is 0 Å². The third-order valence-corrected chi connectivity index (χ3v) is 5.14. The Morgan fingerprint density at radius 2 is 1.60 bits per heavy atom. The highest BCUT2D eigenvalue weighted by molar-refractivity contribution is 6.60. The highest BCUT2D eigenvalue weighted by Crippen LogP contribution is 2.16. The summed E-state index contributed by atoms with van der Waals surface area (Å²) in [5, 5.41) is 0. The first kappa shape index (κ1) is 14.6. The largest absolute Gasteiger partial charge is 0.500 e. The molecular weight excluding hydrogens is 214 g/mol. The lowest BCUT2D eigenvalue weighted by Gasteiger charge is -2.24. The van der Waals surface area contributed by atoms with E-state index < -0.39 is 8.80 Å². The van der Waals surface area contributed by atoms with Gasteiger partial charge in [0.25, 0.3) is 0 Å². The predicted octanol–water partition coefficient (Wildman–Crippen LogP) is 0.733. The van der Waals surface area contributed by atoms with E-state index in [1.165, 1.54) is 0 Å². The molecule has 0 N–H and O–H groups in total. The Morgan fingerprint density at radius 3 is 1.93 bits per heavy atom. The summed E-state index contributed by atoms with van der Waals surface area (Å²) in [5.41, 5.74) is 0. The van der Waals surface area contributed by atoms with Crippen molar-refractivity contribution >= 4 is 14.7 Å². The summed E-state index contributed by atoms with van der Waals surface area (Å²) in [7, 11) is 5.73. The molecule has 0 aliphatic heterocycles. The van der Waals surface area contributed by atoms with Crippen molar-refractivity contribution in [2.24, 2.45) is 0 Å². The fourth-order valence-corrected chi connectivity index (χ4v) is 2.96. The van der Waals surface area contributed by atoms with Crippen LogP contribution < -0.4 is 0 Å². The van der Waals surface area contributed by atoms with Gasteiger partial charge in [0.15, 0.2) is 0 Å². The lowest BCUT2D eigenvalue weighted by Crippen LogP contribution is -2.42. The molecule has 0 spiro atoms. The fraction of sp³-hybridized carbons (Fsp3) is 0.889. The molecule has 0 aromatic heterocycles. The summed E-state index contributed by atoms with van der Waals surface area (Å²) in [6.07, 6.45) is 1.22. The zero-order valence-corrected chi connectivity index (χ0v) is 11.2. The molecule has 0 atom stereocenters. The SMILES string of the molecule is CO[Si](CCCC(=O)N(C)C)(OC)OC. The topological polar surface area (TPSA) is 48.0 Å². The predicted molar refractivity (Wildman–Crippen MR) is 59.5 cm³/mol. The van der Waals surface area contributed by atoms with Gasteiger partial charge in [-0.1, -0.05) is 0 Å². The molecule has 90 valence electrons. The highest BCUT2D eigenvalue weighted by Gasteiger charge is 2.37. The Balaban J connectivity index is 3.96. The van der Waals surface area contributed by atoms with Crippen LogP contribution in [0, 0.1) is 0 Å². The second-order valence-corrected chi connectivity index (χ2v) is 6.53. The van der Waals surface area contributed by atoms with Crippen LogP contribution in [-0.4, -0.2) is 55.0 Å². The minimum absolute atomic E-state index is 0.112. The first-order valence-corrected chi connectivity index (χ1v) is 6.80. The van der Waals surface area contributed by atoms with Gasteiger partial charge in [-0.3, -0.25) is 4.79 Å². The summed E-state index contributed by atoms with van der Waals surface area (Å²) >= 11 is 0. The first-order chi connectivity index (χ1) is 7.01. The third-order valence-electron chi connectivity index (χ3n) is 2.31. The maximum Gasteiger partial charge on any atom is 0.500 e. The molecule has 0 aromatic rings. The lowest BCUT2D eigenvalue weighted by molar-refractivity contribution is -0.128. The zero-order chi connectivity index (χ0) is 11.9. The zero-order valence-electron chi connectivity index (χ0n) is 10.2. The van der Waals surface area contributed by atoms with Crippen LogP contribution in [-0.2, 0) is 18.1 Å². The van der Waals surface area contributed by atoms with Gasteiger partial charge in [-0.15, -0.1) is 0 Å². The van der Waals surface area contributed by atoms with Gasteiger partial charge in [0.2, 0.25) is 5.91 Å². The normalized spacial score (nSPS) is 11.5. The van der Waals surface area contributed by atoms with Gasteiger partial charge in [0.05, 0.1) is 0 Å². The fourth-order valence-electron chi connectivity index (χ4n) is 1.24. The van der Waals surface area contributed by atoms with Crippen LogP contribution in [0.1, 0.15) is 12.8 Å². The van der Waals surface area contributed by atoms with Gasteiger partial charge in [0.1, 0.15) is 0 Å². The van der Waals surface area contributed by atoms with Crippen LogP contribution in [0.5, 0.6) is 0 Å². The Bertz CT molecular complexity index is 186. The Labute approximate surface area is 92.7 Å². The van der Waals surface area contributed by atoms with E-state index in [4.69, 9.17) is 13.3 Å². The quantitative estimate of drug-likeness (QED) is 0.610. The molecule has 5 nitrogen and oxygen atoms in total. The summed E-state index contributed by atoms with van der Waals surface area (Å²) < 4.78 is 15.7. The summed E-state index contributed by atoms with van der Waals surface area (Å²) in [6.45, 7) is 0. The summed E-state index contributed by atoms with van der Waals surface area (Å²) in [4.78, 5) is 12.9. The molecule has 6 heteroatoms. The molecule has 0 bridgehead atoms. The molecule has 0 radical (unpaired) electrons. The number of carbonyl (C=O) groups excluding carboxylic acids is 1. The molecule has 0 aliphatic rings. The highest BCUT2D eigenvalue weighted by atomic mass is 28.4. The summed E-state index contributed by atoms with van der Waals surface area (Å²) in [6, 6.07) is 0.663. The third kappa shape index (κ3) is 4.74. The van der Waals surface area contributed by atoms with E-state index in [0.717, 1.165) is 6.42 Å². The molecule has 0 saturated heterocycles. The smallest absolute Gasteiger partial charge is 0.377 e. The molecule has 0 rings (SSSR count). The van der Waals surface area contributed by atoms with E-state index in [9.17, 15) is 4.79 Å². The van der Waals surface area contributed by atoms with Crippen molar-refractivity contribution in [1.29, 1.82) is 0 Å². The van der Waals surface area contributed by atoms with E-state index in [-0.39, 0.29) is 5.91 Å². The van der Waals surface area contributed by atoms with Gasteiger partial charge in [-0.05, 0) is 6.42 Å². The van der Waals surface area contributed by atoms with Crippen molar-refractivity contribution in [3.8, 4) is 0 Å². The molecular formula is C9H21NO4Si. The monoisotopic (exact) mass is 235 g/mol. The molecule has 0 fully saturated rings. The Kier molecular flexibility index (Phi) is 6.74. The van der Waals surface area contributed by atoms with Gasteiger partial charge >= 0.3 is 8.80 Å². The second-order valence-electron chi connectivity index (χ2n) is 3.44. The van der Waals surface area contributed by atoms with Crippen LogP contribution in [0.2, 0.25) is 6.04 Å². The number of carbonyl (C=O) groups is 1. The van der Waals surface area contributed by atoms with Crippen molar-refractivity contribution in [2.75, 3.05) is 35.4 Å². The second kappa shape index (κ2) is 6.94. The summed E-state index contributed by atoms with van der Waals surface area (Å²) in [5.74, 6) is 0.112. The van der Waals surface area contributed by atoms with E-state index in [0.29, 0.717) is 12.5 Å². The Hall–Kier alpha value is -0.433. The molecule has 0 aromatic carbocycles. The number of nitrogens with zero attached hydrogens (tertiary/aromatic N) is 1. The van der Waals surface area contributed by atoms with Crippen LogP contribution >= 0.6 is 0 Å². The average molecular weight is 235 g/mol. The molecule has 15 heavy (non-hydrogen) atoms. The van der Waals surface area contributed by atoms with Gasteiger partial charge in [0, 0.05) is 47.9 Å². The van der Waals surface area contributed by atoms with E-state index in [1.807, 2.05) is 0 Å². The van der Waals surface area contributed by atoms with Crippen molar-refractivity contribution in [3.63, 3.8) is 0 Å². The minimum Gasteiger partial charge on any atom is -0.377 e. The average Bonchev–Trinajstić information content (AvgIpc) is 2.24. The first-order valence-electron chi connectivity index (χ1n) is 4.87. The number of hydrogen-bond acceptors (Lipinski definition) is 4. The van der Waals surface area contributed by atoms with Crippen molar-refractivity contribution < 1.29 is 18.1 Å². The molecule has 0 unspecified atom stereocenters. The van der Waals surface area contributed by atoms with Crippen molar-refractivity contribution in [3.05, 3.63) is 0 Å². The molecule has 0 heterocycles. The van der Waals surface area contributed by atoms with E-state index in [2.05, 4.69) is 0 Å². The molecule has 0 aliphatic carbocycles. The minimum atomic E-state index is -2.49. The van der Waals surface area contributed by atoms with Crippen LogP contribution in [0.4, 0.5) is 0 Å². The van der Waals surface area contributed by atoms with E-state index in [1.54, 1.807) is 40.3 Å². The maximum atomic E-state index is 11.3.